The number of nitrogens with one attached hydrogen (secondary N) is 2. The van der Waals surface area contributed by atoms with Crippen LogP contribution in [0.2, 0.25) is 0 Å². The Morgan fingerprint density at radius 3 is 2.32 bits per heavy atom. The van der Waals surface area contributed by atoms with Gasteiger partial charge in [-0.1, -0.05) is 12.1 Å². The van der Waals surface area contributed by atoms with E-state index in [0.29, 0.717) is 5.69 Å². The fourth-order valence-electron chi connectivity index (χ4n) is 4.16. The van der Waals surface area contributed by atoms with Crippen LogP contribution in [0.1, 0.15) is 40.2 Å². The second-order valence-electron chi connectivity index (χ2n) is 9.18. The molecule has 3 heterocycles. The minimum Gasteiger partial charge on any atom is -0.342 e. The van der Waals surface area contributed by atoms with Gasteiger partial charge in [-0.05, 0) is 59.2 Å². The molecule has 0 aromatic heterocycles. The average Bonchev–Trinajstić information content (AvgIpc) is 3.14. The van der Waals surface area contributed by atoms with E-state index in [1.54, 1.807) is 40.7 Å². The van der Waals surface area contributed by atoms with Crippen LogP contribution in [-0.4, -0.2) is 60.1 Å². The van der Waals surface area contributed by atoms with Gasteiger partial charge in [0.2, 0.25) is 5.91 Å². The Kier molecular flexibility index (Phi) is 5.60. The summed E-state index contributed by atoms with van der Waals surface area (Å²) < 4.78 is 29.7. The molecule has 3 aliphatic rings. The van der Waals surface area contributed by atoms with E-state index in [9.17, 15) is 9.59 Å². The molecule has 1 aromatic carbocycles. The molecule has 3 saturated heterocycles. The third kappa shape index (κ3) is 4.61. The Labute approximate surface area is 181 Å². The molecular weight excluding hydrogens is 404 g/mol. The van der Waals surface area contributed by atoms with E-state index in [0.717, 1.165) is 5.56 Å². The van der Waals surface area contributed by atoms with Gasteiger partial charge >= 0.3 is 0 Å². The van der Waals surface area contributed by atoms with Gasteiger partial charge in [-0.15, -0.1) is 0 Å². The number of carbonyl (C=O) groups excluding carboxylic acids is 2. The molecule has 0 radical (unpaired) electrons. The summed E-state index contributed by atoms with van der Waals surface area (Å²) in [5, 5.41) is 5.52. The summed E-state index contributed by atoms with van der Waals surface area (Å²) in [7, 11) is 0. The summed E-state index contributed by atoms with van der Waals surface area (Å²) >= 11 is 0. The Morgan fingerprint density at radius 2 is 1.61 bits per heavy atom. The lowest BCUT2D eigenvalue weighted by atomic mass is 9.98. The largest absolute Gasteiger partial charge is 0.342 e. The van der Waals surface area contributed by atoms with Gasteiger partial charge in [0.1, 0.15) is 24.4 Å². The Hall–Kier alpha value is -2.04. The first kappa shape index (κ1) is 22.2. The van der Waals surface area contributed by atoms with E-state index in [1.807, 2.05) is 25.1 Å². The normalized spacial score (nSPS) is 33.8. The van der Waals surface area contributed by atoms with Crippen LogP contribution < -0.4 is 10.6 Å². The summed E-state index contributed by atoms with van der Waals surface area (Å²) in [6.45, 7) is 10.6. The first-order chi connectivity index (χ1) is 14.4. The lowest BCUT2D eigenvalue weighted by molar-refractivity contribution is -0.231. The van der Waals surface area contributed by atoms with Gasteiger partial charge in [0.05, 0.1) is 0 Å². The molecule has 3 aliphatic heterocycles. The number of benzene rings is 1. The van der Waals surface area contributed by atoms with E-state index in [2.05, 4.69) is 10.6 Å². The quantitative estimate of drug-likeness (QED) is 0.745. The maximum absolute atomic E-state index is 13.1. The molecule has 170 valence electrons. The Bertz CT molecular complexity index is 871. The maximum Gasteiger partial charge on any atom is 0.252 e. The summed E-state index contributed by atoms with van der Waals surface area (Å²) in [6, 6.07) is 6.64. The van der Waals surface area contributed by atoms with Crippen molar-refractivity contribution in [3.63, 3.8) is 0 Å². The van der Waals surface area contributed by atoms with Crippen LogP contribution in [0.5, 0.6) is 0 Å². The van der Waals surface area contributed by atoms with Gasteiger partial charge in [0.25, 0.3) is 5.91 Å². The third-order valence-electron chi connectivity index (χ3n) is 5.45. The van der Waals surface area contributed by atoms with Crippen LogP contribution in [0.3, 0.4) is 0 Å². The zero-order valence-corrected chi connectivity index (χ0v) is 18.6. The summed E-state index contributed by atoms with van der Waals surface area (Å²) in [5.74, 6) is -2.59. The molecule has 1 aromatic rings. The number of anilines is 1. The first-order valence-electron chi connectivity index (χ1n) is 10.5. The smallest absolute Gasteiger partial charge is 0.252 e. The average molecular weight is 434 g/mol. The predicted molar refractivity (Wildman–Crippen MR) is 110 cm³/mol. The second-order valence-corrected chi connectivity index (χ2v) is 9.18. The van der Waals surface area contributed by atoms with Crippen molar-refractivity contribution in [3.05, 3.63) is 29.8 Å². The highest BCUT2D eigenvalue weighted by atomic mass is 16.9. The molecule has 9 nitrogen and oxygen atoms in total. The molecule has 3 fully saturated rings. The second kappa shape index (κ2) is 7.83. The van der Waals surface area contributed by atoms with Gasteiger partial charge in [-0.3, -0.25) is 9.59 Å². The molecule has 4 rings (SSSR count). The van der Waals surface area contributed by atoms with Crippen molar-refractivity contribution in [2.45, 2.75) is 89.9 Å². The number of aryl methyl sites for hydroxylation is 1. The highest BCUT2D eigenvalue weighted by Gasteiger charge is 2.62. The number of hydrogen-bond donors (Lipinski definition) is 2. The third-order valence-corrected chi connectivity index (χ3v) is 5.45. The maximum atomic E-state index is 13.1. The number of ether oxygens (including phenoxy) is 5. The van der Waals surface area contributed by atoms with Crippen molar-refractivity contribution in [3.8, 4) is 0 Å². The molecule has 2 amide bonds. The van der Waals surface area contributed by atoms with Crippen molar-refractivity contribution >= 4 is 17.5 Å². The number of rotatable bonds is 4. The van der Waals surface area contributed by atoms with E-state index >= 15 is 0 Å². The van der Waals surface area contributed by atoms with Crippen molar-refractivity contribution in [2.24, 2.45) is 0 Å². The van der Waals surface area contributed by atoms with Crippen molar-refractivity contribution in [1.82, 2.24) is 5.32 Å². The Balaban J connectivity index is 1.45. The standard InChI is InChI=1S/C22H30N2O7/c1-11-8-7-9-13(10-11)24-18(25)12(2)23-19(26)16-14-15(29-21(3,4)28-14)17-20(27-16)31-22(5,6)30-17/h7-10,12,14-17,20H,1-6H3,(H,23,26)(H,24,25)/t12-,14+,15+,16-,17+,20-/m1/s1. The molecule has 31 heavy (non-hydrogen) atoms. The molecular formula is C22H30N2O7. The lowest BCUT2D eigenvalue weighted by Gasteiger charge is -2.36. The fourth-order valence-corrected chi connectivity index (χ4v) is 4.16. The van der Waals surface area contributed by atoms with Crippen LogP contribution in [0, 0.1) is 6.92 Å². The molecule has 0 aliphatic carbocycles. The summed E-state index contributed by atoms with van der Waals surface area (Å²) in [5.41, 5.74) is 1.68. The number of hydrogen-bond acceptors (Lipinski definition) is 7. The topological polar surface area (TPSA) is 104 Å². The summed E-state index contributed by atoms with van der Waals surface area (Å²) in [6.07, 6.45) is -3.54. The van der Waals surface area contributed by atoms with Crippen LogP contribution in [0.25, 0.3) is 0 Å². The molecule has 2 N–H and O–H groups in total. The minimum absolute atomic E-state index is 0.338. The molecule has 9 heteroatoms. The monoisotopic (exact) mass is 434 g/mol. The van der Waals surface area contributed by atoms with Gasteiger partial charge in [0, 0.05) is 5.69 Å². The fraction of sp³-hybridized carbons (Fsp3) is 0.636. The lowest BCUT2D eigenvalue weighted by Crippen LogP contribution is -2.60. The first-order valence-corrected chi connectivity index (χ1v) is 10.5. The van der Waals surface area contributed by atoms with Gasteiger partial charge < -0.3 is 34.3 Å². The van der Waals surface area contributed by atoms with E-state index < -0.39 is 54.2 Å². The molecule has 0 unspecified atom stereocenters. The van der Waals surface area contributed by atoms with Crippen LogP contribution in [0.4, 0.5) is 5.69 Å². The zero-order chi connectivity index (χ0) is 22.6. The van der Waals surface area contributed by atoms with Crippen LogP contribution in [-0.2, 0) is 33.3 Å². The SMILES string of the molecule is Cc1cccc(NC(=O)[C@@H](C)NC(=O)[C@@H]2O[C@@H]3OC(C)(C)O[C@H]3[C@H]3OC(C)(C)O[C@@H]32)c1. The van der Waals surface area contributed by atoms with E-state index in [-0.39, 0.29) is 5.91 Å². The van der Waals surface area contributed by atoms with Crippen molar-refractivity contribution in [2.75, 3.05) is 5.32 Å². The van der Waals surface area contributed by atoms with Crippen LogP contribution >= 0.6 is 0 Å². The molecule has 0 spiro atoms. The summed E-state index contributed by atoms with van der Waals surface area (Å²) in [4.78, 5) is 25.6. The van der Waals surface area contributed by atoms with E-state index in [4.69, 9.17) is 23.7 Å². The van der Waals surface area contributed by atoms with Gasteiger partial charge in [-0.25, -0.2) is 0 Å². The number of fused-ring (bicyclic) bond motifs is 3. The highest BCUT2D eigenvalue weighted by Crippen LogP contribution is 2.44. The van der Waals surface area contributed by atoms with Gasteiger partial charge in [-0.2, -0.15) is 0 Å². The molecule has 0 bridgehead atoms. The minimum atomic E-state index is -1.01. The Morgan fingerprint density at radius 1 is 0.968 bits per heavy atom. The van der Waals surface area contributed by atoms with E-state index in [1.165, 1.54) is 0 Å². The molecule has 0 saturated carbocycles. The predicted octanol–water partition coefficient (Wildman–Crippen LogP) is 1.83. The highest BCUT2D eigenvalue weighted by molar-refractivity contribution is 5.97. The van der Waals surface area contributed by atoms with Crippen molar-refractivity contribution in [1.29, 1.82) is 0 Å². The van der Waals surface area contributed by atoms with Gasteiger partial charge in [0.15, 0.2) is 24.0 Å². The van der Waals surface area contributed by atoms with Crippen LogP contribution in [0.15, 0.2) is 24.3 Å². The number of amides is 2. The zero-order valence-electron chi connectivity index (χ0n) is 18.6. The van der Waals surface area contributed by atoms with Crippen molar-refractivity contribution < 1.29 is 33.3 Å². The number of carbonyl (C=O) groups is 2. The molecule has 6 atom stereocenters.